The molecule has 0 bridgehead atoms. The van der Waals surface area contributed by atoms with Crippen molar-refractivity contribution in [2.24, 2.45) is 0 Å². The number of carbonyl (C=O) groups is 1. The molecule has 2 N–H and O–H groups in total. The Labute approximate surface area is 99.2 Å². The number of rotatable bonds is 5. The highest BCUT2D eigenvalue weighted by Gasteiger charge is 2.08. The number of nitrogens with one attached hydrogen (secondary N) is 2. The Morgan fingerprint density at radius 2 is 2.12 bits per heavy atom. The van der Waals surface area contributed by atoms with Crippen molar-refractivity contribution in [3.05, 3.63) is 33.9 Å². The Balaban J connectivity index is 2.71. The fourth-order valence-corrected chi connectivity index (χ4v) is 1.41. The molecule has 6 heteroatoms. The Bertz CT molecular complexity index is 432. The molecule has 0 unspecified atom stereocenters. The zero-order valence-electron chi connectivity index (χ0n) is 9.82. The van der Waals surface area contributed by atoms with Gasteiger partial charge in [-0.3, -0.25) is 14.9 Å². The maximum atomic E-state index is 11.2. The van der Waals surface area contributed by atoms with E-state index in [0.717, 1.165) is 5.56 Å². The van der Waals surface area contributed by atoms with Gasteiger partial charge in [0.05, 0.1) is 11.5 Å². The summed E-state index contributed by atoms with van der Waals surface area (Å²) in [6.07, 6.45) is 0. The second-order valence-corrected chi connectivity index (χ2v) is 3.62. The van der Waals surface area contributed by atoms with Crippen LogP contribution in [0, 0.1) is 17.0 Å². The number of aryl methyl sites for hydroxylation is 1. The van der Waals surface area contributed by atoms with Crippen LogP contribution in [0.4, 0.5) is 11.4 Å². The van der Waals surface area contributed by atoms with Crippen LogP contribution < -0.4 is 10.6 Å². The molecule has 0 heterocycles. The lowest BCUT2D eigenvalue weighted by molar-refractivity contribution is -0.384. The highest BCUT2D eigenvalue weighted by molar-refractivity contribution is 5.80. The van der Waals surface area contributed by atoms with Crippen LogP contribution in [0.5, 0.6) is 0 Å². The van der Waals surface area contributed by atoms with Gasteiger partial charge in [-0.25, -0.2) is 0 Å². The van der Waals surface area contributed by atoms with Gasteiger partial charge in [-0.05, 0) is 25.5 Å². The molecule has 0 saturated heterocycles. The van der Waals surface area contributed by atoms with Gasteiger partial charge in [0.1, 0.15) is 0 Å². The third-order valence-electron chi connectivity index (χ3n) is 2.10. The third kappa shape index (κ3) is 4.10. The fraction of sp³-hybridized carbons (Fsp3) is 0.364. The van der Waals surface area contributed by atoms with E-state index in [1.165, 1.54) is 12.1 Å². The van der Waals surface area contributed by atoms with Gasteiger partial charge < -0.3 is 10.6 Å². The highest BCUT2D eigenvalue weighted by atomic mass is 16.6. The van der Waals surface area contributed by atoms with Crippen LogP contribution in [-0.4, -0.2) is 23.9 Å². The van der Waals surface area contributed by atoms with Crippen molar-refractivity contribution in [2.75, 3.05) is 18.4 Å². The normalized spacial score (nSPS) is 9.76. The standard InChI is InChI=1S/C11H15N3O3/c1-3-12-11(15)7-13-9-4-8(2)5-10(6-9)14(16)17/h4-6,13H,3,7H2,1-2H3,(H,12,15). The molecule has 6 nitrogen and oxygen atoms in total. The van der Waals surface area contributed by atoms with Gasteiger partial charge in [-0.1, -0.05) is 0 Å². The molecule has 0 atom stereocenters. The summed E-state index contributed by atoms with van der Waals surface area (Å²) < 4.78 is 0. The molecule has 0 aliphatic heterocycles. The lowest BCUT2D eigenvalue weighted by atomic mass is 10.2. The first-order valence-electron chi connectivity index (χ1n) is 5.29. The molecule has 0 aromatic heterocycles. The van der Waals surface area contributed by atoms with Gasteiger partial charge in [0.15, 0.2) is 0 Å². The zero-order valence-corrected chi connectivity index (χ0v) is 9.82. The minimum Gasteiger partial charge on any atom is -0.376 e. The number of anilines is 1. The minimum atomic E-state index is -0.454. The molecule has 17 heavy (non-hydrogen) atoms. The van der Waals surface area contributed by atoms with E-state index in [1.54, 1.807) is 13.0 Å². The number of amides is 1. The smallest absolute Gasteiger partial charge is 0.271 e. The second-order valence-electron chi connectivity index (χ2n) is 3.62. The topological polar surface area (TPSA) is 84.3 Å². The van der Waals surface area contributed by atoms with Crippen LogP contribution >= 0.6 is 0 Å². The molecule has 1 aromatic rings. The number of carbonyl (C=O) groups excluding carboxylic acids is 1. The highest BCUT2D eigenvalue weighted by Crippen LogP contribution is 2.20. The van der Waals surface area contributed by atoms with Crippen LogP contribution in [-0.2, 0) is 4.79 Å². The van der Waals surface area contributed by atoms with E-state index in [2.05, 4.69) is 10.6 Å². The van der Waals surface area contributed by atoms with Crippen molar-refractivity contribution < 1.29 is 9.72 Å². The summed E-state index contributed by atoms with van der Waals surface area (Å²) in [5.74, 6) is -0.142. The van der Waals surface area contributed by atoms with E-state index >= 15 is 0 Å². The summed E-state index contributed by atoms with van der Waals surface area (Å²) in [5.41, 5.74) is 1.36. The van der Waals surface area contributed by atoms with E-state index in [0.29, 0.717) is 12.2 Å². The first-order valence-corrected chi connectivity index (χ1v) is 5.29. The molecule has 0 aliphatic rings. The van der Waals surface area contributed by atoms with Gasteiger partial charge in [-0.15, -0.1) is 0 Å². The summed E-state index contributed by atoms with van der Waals surface area (Å²) in [7, 11) is 0. The van der Waals surface area contributed by atoms with Crippen LogP contribution in [0.25, 0.3) is 0 Å². The summed E-state index contributed by atoms with van der Waals surface area (Å²) in [6, 6.07) is 4.65. The average Bonchev–Trinajstić information content (AvgIpc) is 2.26. The van der Waals surface area contributed by atoms with Crippen LogP contribution in [0.1, 0.15) is 12.5 Å². The Kier molecular flexibility index (Phi) is 4.45. The maximum absolute atomic E-state index is 11.2. The number of hydrogen-bond donors (Lipinski definition) is 2. The van der Waals surface area contributed by atoms with Crippen LogP contribution in [0.3, 0.4) is 0 Å². The third-order valence-corrected chi connectivity index (χ3v) is 2.10. The molecule has 0 fully saturated rings. The molecule has 0 saturated carbocycles. The number of benzene rings is 1. The first-order chi connectivity index (χ1) is 8.02. The second kappa shape index (κ2) is 5.83. The molecule has 1 amide bonds. The molecule has 0 aliphatic carbocycles. The van der Waals surface area contributed by atoms with Gasteiger partial charge >= 0.3 is 0 Å². The van der Waals surface area contributed by atoms with Crippen molar-refractivity contribution in [1.82, 2.24) is 5.32 Å². The predicted molar refractivity (Wildman–Crippen MR) is 65.0 cm³/mol. The lowest BCUT2D eigenvalue weighted by Gasteiger charge is -2.07. The number of nitrogens with zero attached hydrogens (tertiary/aromatic N) is 1. The Morgan fingerprint density at radius 3 is 2.71 bits per heavy atom. The zero-order chi connectivity index (χ0) is 12.8. The van der Waals surface area contributed by atoms with Gasteiger partial charge in [0.2, 0.25) is 5.91 Å². The average molecular weight is 237 g/mol. The molecule has 0 radical (unpaired) electrons. The molecular formula is C11H15N3O3. The minimum absolute atomic E-state index is 0.0170. The van der Waals surface area contributed by atoms with E-state index in [1.807, 2.05) is 6.92 Å². The SMILES string of the molecule is CCNC(=O)CNc1cc(C)cc([N+](=O)[O-])c1. The predicted octanol–water partition coefficient (Wildman–Crippen LogP) is 1.45. The van der Waals surface area contributed by atoms with Crippen molar-refractivity contribution >= 4 is 17.3 Å². The maximum Gasteiger partial charge on any atom is 0.271 e. The first kappa shape index (κ1) is 13.0. The molecule has 1 aromatic carbocycles. The van der Waals surface area contributed by atoms with E-state index in [-0.39, 0.29) is 18.1 Å². The van der Waals surface area contributed by atoms with Crippen molar-refractivity contribution in [3.8, 4) is 0 Å². The van der Waals surface area contributed by atoms with Gasteiger partial charge in [0, 0.05) is 24.4 Å². The number of nitro benzene ring substituents is 1. The summed E-state index contributed by atoms with van der Waals surface area (Å²) >= 11 is 0. The quantitative estimate of drug-likeness (QED) is 0.599. The Morgan fingerprint density at radius 1 is 1.41 bits per heavy atom. The van der Waals surface area contributed by atoms with Crippen molar-refractivity contribution in [1.29, 1.82) is 0 Å². The molecule has 92 valence electrons. The Hall–Kier alpha value is -2.11. The molecule has 1 rings (SSSR count). The van der Waals surface area contributed by atoms with Crippen molar-refractivity contribution in [2.45, 2.75) is 13.8 Å². The number of non-ortho nitro benzene ring substituents is 1. The van der Waals surface area contributed by atoms with E-state index in [9.17, 15) is 14.9 Å². The fourth-order valence-electron chi connectivity index (χ4n) is 1.41. The van der Waals surface area contributed by atoms with Gasteiger partial charge in [-0.2, -0.15) is 0 Å². The van der Waals surface area contributed by atoms with Gasteiger partial charge in [0.25, 0.3) is 5.69 Å². The van der Waals surface area contributed by atoms with E-state index in [4.69, 9.17) is 0 Å². The molecule has 0 spiro atoms. The number of likely N-dealkylation sites (N-methyl/N-ethyl adjacent to an activating group) is 1. The summed E-state index contributed by atoms with van der Waals surface area (Å²) in [4.78, 5) is 21.4. The lowest BCUT2D eigenvalue weighted by Crippen LogP contribution is -2.29. The molecular weight excluding hydrogens is 222 g/mol. The van der Waals surface area contributed by atoms with E-state index < -0.39 is 4.92 Å². The number of hydrogen-bond acceptors (Lipinski definition) is 4. The monoisotopic (exact) mass is 237 g/mol. The summed E-state index contributed by atoms with van der Waals surface area (Å²) in [6.45, 7) is 4.27. The largest absolute Gasteiger partial charge is 0.376 e. The van der Waals surface area contributed by atoms with Crippen LogP contribution in [0.2, 0.25) is 0 Å². The number of nitro groups is 1. The summed E-state index contributed by atoms with van der Waals surface area (Å²) in [5, 5.41) is 16.1. The van der Waals surface area contributed by atoms with Crippen LogP contribution in [0.15, 0.2) is 18.2 Å². The van der Waals surface area contributed by atoms with Crippen molar-refractivity contribution in [3.63, 3.8) is 0 Å².